The summed E-state index contributed by atoms with van der Waals surface area (Å²) in [6.45, 7) is 10.4. The molecule has 0 spiro atoms. The smallest absolute Gasteiger partial charge is 0.191 e. The monoisotopic (exact) mass is 507 g/mol. The molecule has 27 heavy (non-hydrogen) atoms. The molecule has 0 atom stereocenters. The number of nitrogens with zero attached hydrogens (tertiary/aromatic N) is 1. The molecule has 1 aromatic carbocycles. The number of halogens is 1. The van der Waals surface area contributed by atoms with Gasteiger partial charge in [0.2, 0.25) is 0 Å². The Morgan fingerprint density at radius 1 is 1.26 bits per heavy atom. The quantitative estimate of drug-likeness (QED) is 0.317. The van der Waals surface area contributed by atoms with Gasteiger partial charge < -0.3 is 20.1 Å². The number of guanidine groups is 1. The molecule has 1 saturated heterocycles. The van der Waals surface area contributed by atoms with E-state index in [-0.39, 0.29) is 28.7 Å². The van der Waals surface area contributed by atoms with E-state index in [1.165, 1.54) is 5.56 Å². The second kappa shape index (κ2) is 12.7. The molecule has 154 valence electrons. The van der Waals surface area contributed by atoms with Crippen molar-refractivity contribution < 1.29 is 9.47 Å². The first-order valence-corrected chi connectivity index (χ1v) is 10.5. The van der Waals surface area contributed by atoms with E-state index in [1.807, 2.05) is 11.8 Å². The Balaban J connectivity index is 0.00000364. The van der Waals surface area contributed by atoms with Crippen molar-refractivity contribution in [3.63, 3.8) is 0 Å². The van der Waals surface area contributed by atoms with E-state index in [0.29, 0.717) is 6.54 Å². The van der Waals surface area contributed by atoms with Crippen LogP contribution in [0.15, 0.2) is 23.2 Å². The molecule has 1 aliphatic rings. The average molecular weight is 507 g/mol. The third kappa shape index (κ3) is 7.69. The lowest BCUT2D eigenvalue weighted by Gasteiger charge is -2.37. The van der Waals surface area contributed by atoms with Crippen LogP contribution in [0.4, 0.5) is 0 Å². The average Bonchev–Trinajstić information content (AvgIpc) is 2.65. The molecule has 1 aliphatic heterocycles. The lowest BCUT2D eigenvalue weighted by Crippen LogP contribution is -2.48. The van der Waals surface area contributed by atoms with Crippen molar-refractivity contribution >= 4 is 41.7 Å². The lowest BCUT2D eigenvalue weighted by atomic mass is 9.99. The molecule has 1 aromatic rings. The minimum Gasteiger partial charge on any atom is -0.496 e. The Bertz CT molecular complexity index is 587. The first kappa shape index (κ1) is 24.4. The first-order chi connectivity index (χ1) is 12.6. The zero-order valence-corrected chi connectivity index (χ0v) is 20.1. The summed E-state index contributed by atoms with van der Waals surface area (Å²) < 4.78 is 11.3. The molecule has 0 saturated carbocycles. The predicted octanol–water partition coefficient (Wildman–Crippen LogP) is 3.98. The van der Waals surface area contributed by atoms with Gasteiger partial charge in [-0.2, -0.15) is 11.8 Å². The molecular weight excluding hydrogens is 473 g/mol. The summed E-state index contributed by atoms with van der Waals surface area (Å²) in [6, 6.07) is 6.25. The van der Waals surface area contributed by atoms with Crippen LogP contribution in [0.3, 0.4) is 0 Å². The predicted molar refractivity (Wildman–Crippen MR) is 127 cm³/mol. The summed E-state index contributed by atoms with van der Waals surface area (Å²) in [5, 5.41) is 6.92. The topological polar surface area (TPSA) is 54.9 Å². The number of thioether (sulfide) groups is 1. The van der Waals surface area contributed by atoms with Crippen LogP contribution in [-0.2, 0) is 11.3 Å². The molecule has 0 radical (unpaired) electrons. The molecule has 1 fully saturated rings. The fourth-order valence-electron chi connectivity index (χ4n) is 3.15. The summed E-state index contributed by atoms with van der Waals surface area (Å²) in [5.74, 6) is 2.88. The van der Waals surface area contributed by atoms with Crippen LogP contribution < -0.4 is 15.4 Å². The van der Waals surface area contributed by atoms with Crippen LogP contribution in [0.1, 0.15) is 37.8 Å². The van der Waals surface area contributed by atoms with Crippen LogP contribution >= 0.6 is 35.7 Å². The minimum atomic E-state index is 0. The van der Waals surface area contributed by atoms with Crippen molar-refractivity contribution in [3.05, 3.63) is 29.3 Å². The first-order valence-electron chi connectivity index (χ1n) is 9.50. The van der Waals surface area contributed by atoms with Gasteiger partial charge in [0, 0.05) is 36.6 Å². The standard InChI is InChI=1S/C20H33N3O2S.HI/c1-5-21-19(22-14-17-8-7-16(3)13-18(17)24-4)23-15-20(26-6-2)9-11-25-12-10-20;/h7-8,13H,5-6,9-12,14-15H2,1-4H3,(H2,21,22,23);1H. The maximum absolute atomic E-state index is 5.57. The highest BCUT2D eigenvalue weighted by Gasteiger charge is 2.32. The number of benzene rings is 1. The number of aryl methyl sites for hydroxylation is 1. The van der Waals surface area contributed by atoms with Gasteiger partial charge in [-0.25, -0.2) is 4.99 Å². The molecule has 2 N–H and O–H groups in total. The fraction of sp³-hybridized carbons (Fsp3) is 0.650. The van der Waals surface area contributed by atoms with Crippen molar-refractivity contribution in [2.75, 3.05) is 39.2 Å². The van der Waals surface area contributed by atoms with Crippen LogP contribution in [-0.4, -0.2) is 49.9 Å². The summed E-state index contributed by atoms with van der Waals surface area (Å²) >= 11 is 2.04. The van der Waals surface area contributed by atoms with E-state index in [9.17, 15) is 0 Å². The molecule has 0 amide bonds. The number of rotatable bonds is 8. The van der Waals surface area contributed by atoms with Gasteiger partial charge in [0.25, 0.3) is 0 Å². The zero-order chi connectivity index (χ0) is 18.8. The number of methoxy groups -OCH3 is 1. The van der Waals surface area contributed by atoms with Crippen molar-refractivity contribution in [2.24, 2.45) is 4.99 Å². The van der Waals surface area contributed by atoms with Gasteiger partial charge in [-0.3, -0.25) is 0 Å². The van der Waals surface area contributed by atoms with Gasteiger partial charge in [0.15, 0.2) is 5.96 Å². The molecule has 5 nitrogen and oxygen atoms in total. The van der Waals surface area contributed by atoms with Gasteiger partial charge >= 0.3 is 0 Å². The molecule has 2 rings (SSSR count). The third-order valence-electron chi connectivity index (χ3n) is 4.63. The highest BCUT2D eigenvalue weighted by molar-refractivity contribution is 14.0. The molecule has 0 aliphatic carbocycles. The fourth-order valence-corrected chi connectivity index (χ4v) is 4.40. The molecular formula is C20H34IN3O2S. The molecule has 0 bridgehead atoms. The number of aliphatic imine (C=N–C) groups is 1. The lowest BCUT2D eigenvalue weighted by molar-refractivity contribution is 0.0782. The van der Waals surface area contributed by atoms with Crippen molar-refractivity contribution in [2.45, 2.75) is 44.9 Å². The van der Waals surface area contributed by atoms with Crippen LogP contribution in [0.2, 0.25) is 0 Å². The highest BCUT2D eigenvalue weighted by Crippen LogP contribution is 2.34. The Labute approximate surface area is 185 Å². The Morgan fingerprint density at radius 2 is 2.00 bits per heavy atom. The number of nitrogens with one attached hydrogen (secondary N) is 2. The molecule has 1 heterocycles. The molecule has 7 heteroatoms. The second-order valence-electron chi connectivity index (χ2n) is 6.59. The number of hydrogen-bond acceptors (Lipinski definition) is 4. The Hall–Kier alpha value is -0.670. The van der Waals surface area contributed by atoms with Crippen LogP contribution in [0.5, 0.6) is 5.75 Å². The van der Waals surface area contributed by atoms with E-state index >= 15 is 0 Å². The minimum absolute atomic E-state index is 0. The second-order valence-corrected chi connectivity index (χ2v) is 8.32. The summed E-state index contributed by atoms with van der Waals surface area (Å²) in [7, 11) is 1.71. The van der Waals surface area contributed by atoms with Gasteiger partial charge in [-0.15, -0.1) is 24.0 Å². The molecule has 0 unspecified atom stereocenters. The zero-order valence-electron chi connectivity index (χ0n) is 17.0. The van der Waals surface area contributed by atoms with E-state index in [4.69, 9.17) is 14.5 Å². The Kier molecular flexibility index (Phi) is 11.5. The molecule has 0 aromatic heterocycles. The van der Waals surface area contributed by atoms with Crippen molar-refractivity contribution in [1.82, 2.24) is 10.6 Å². The normalized spacial score (nSPS) is 16.4. The third-order valence-corrected chi connectivity index (χ3v) is 6.08. The number of ether oxygens (including phenoxy) is 2. The Morgan fingerprint density at radius 3 is 2.63 bits per heavy atom. The summed E-state index contributed by atoms with van der Waals surface area (Å²) in [6.07, 6.45) is 2.17. The van der Waals surface area contributed by atoms with Crippen LogP contribution in [0, 0.1) is 6.92 Å². The maximum Gasteiger partial charge on any atom is 0.191 e. The van der Waals surface area contributed by atoms with Gasteiger partial charge in [0.1, 0.15) is 5.75 Å². The highest BCUT2D eigenvalue weighted by atomic mass is 127. The van der Waals surface area contributed by atoms with Gasteiger partial charge in [-0.1, -0.05) is 19.1 Å². The number of hydrogen-bond donors (Lipinski definition) is 2. The van der Waals surface area contributed by atoms with Crippen molar-refractivity contribution in [1.29, 1.82) is 0 Å². The summed E-state index contributed by atoms with van der Waals surface area (Å²) in [4.78, 5) is 4.77. The largest absolute Gasteiger partial charge is 0.496 e. The maximum atomic E-state index is 5.57. The van der Waals surface area contributed by atoms with Gasteiger partial charge in [-0.05, 0) is 44.1 Å². The van der Waals surface area contributed by atoms with E-state index in [1.54, 1.807) is 7.11 Å². The van der Waals surface area contributed by atoms with Crippen molar-refractivity contribution in [3.8, 4) is 5.75 Å². The summed E-state index contributed by atoms with van der Waals surface area (Å²) in [5.41, 5.74) is 2.29. The van der Waals surface area contributed by atoms with Gasteiger partial charge in [0.05, 0.1) is 13.7 Å². The van der Waals surface area contributed by atoms with E-state index in [2.05, 4.69) is 49.6 Å². The van der Waals surface area contributed by atoms with E-state index < -0.39 is 0 Å². The van der Waals surface area contributed by atoms with E-state index in [0.717, 1.165) is 62.2 Å². The van der Waals surface area contributed by atoms with Crippen LogP contribution in [0.25, 0.3) is 0 Å². The SMILES string of the molecule is CCNC(=NCc1ccc(C)cc1OC)NCC1(SCC)CCOCC1.I.